The molecule has 0 heterocycles. The normalized spacial score (nSPS) is 30.4. The molecular formula is C18H26FNO. The summed E-state index contributed by atoms with van der Waals surface area (Å²) in [6.45, 7) is 4.76. The fourth-order valence-corrected chi connectivity index (χ4v) is 4.15. The molecule has 2 fully saturated rings. The Morgan fingerprint density at radius 3 is 2.76 bits per heavy atom. The van der Waals surface area contributed by atoms with Crippen molar-refractivity contribution in [3.63, 3.8) is 0 Å². The Balaban J connectivity index is 1.67. The third kappa shape index (κ3) is 3.46. The Labute approximate surface area is 127 Å². The first-order valence-electron chi connectivity index (χ1n) is 8.07. The number of methoxy groups -OCH3 is 1. The summed E-state index contributed by atoms with van der Waals surface area (Å²) in [4.78, 5) is 0. The van der Waals surface area contributed by atoms with Crippen LogP contribution in [0.15, 0.2) is 18.2 Å². The van der Waals surface area contributed by atoms with Crippen LogP contribution in [-0.4, -0.2) is 26.8 Å². The Kier molecular flexibility index (Phi) is 4.32. The van der Waals surface area contributed by atoms with Crippen LogP contribution in [0, 0.1) is 30.0 Å². The molecule has 0 radical (unpaired) electrons. The molecule has 2 unspecified atom stereocenters. The fraction of sp³-hybridized carbons (Fsp3) is 0.667. The molecule has 2 aliphatic rings. The van der Waals surface area contributed by atoms with E-state index in [0.29, 0.717) is 5.41 Å². The van der Waals surface area contributed by atoms with Crippen LogP contribution in [0.5, 0.6) is 0 Å². The summed E-state index contributed by atoms with van der Waals surface area (Å²) in [5, 5.41) is 3.56. The zero-order valence-electron chi connectivity index (χ0n) is 13.1. The molecule has 0 spiro atoms. The third-order valence-electron chi connectivity index (χ3n) is 5.31. The van der Waals surface area contributed by atoms with E-state index < -0.39 is 0 Å². The molecule has 1 N–H and O–H groups in total. The van der Waals surface area contributed by atoms with Gasteiger partial charge in [0.05, 0.1) is 6.61 Å². The molecule has 1 aromatic rings. The van der Waals surface area contributed by atoms with E-state index in [4.69, 9.17) is 4.74 Å². The Morgan fingerprint density at radius 1 is 1.33 bits per heavy atom. The lowest BCUT2D eigenvalue weighted by Crippen LogP contribution is -2.36. The van der Waals surface area contributed by atoms with Crippen LogP contribution in [0.1, 0.15) is 30.4 Å². The summed E-state index contributed by atoms with van der Waals surface area (Å²) in [6, 6.07) is 5.24. The predicted molar refractivity (Wildman–Crippen MR) is 82.9 cm³/mol. The molecule has 3 heteroatoms. The number of aryl methyl sites for hydroxylation is 1. The molecule has 116 valence electrons. The average molecular weight is 291 g/mol. The standard InChI is InChI=1S/C18H26FNO/c1-13-7-17(19)4-3-14(13)9-18(12-20-5-6-21-2)10-15-8-16(15)11-18/h3-4,7,15-16,20H,5-6,8-12H2,1-2H3. The SMILES string of the molecule is COCCNCC1(Cc2ccc(F)cc2C)CC2CC2C1. The van der Waals surface area contributed by atoms with Crippen molar-refractivity contribution >= 4 is 0 Å². The highest BCUT2D eigenvalue weighted by Crippen LogP contribution is 2.60. The van der Waals surface area contributed by atoms with Crippen molar-refractivity contribution in [1.29, 1.82) is 0 Å². The zero-order chi connectivity index (χ0) is 14.9. The predicted octanol–water partition coefficient (Wildman–Crippen LogP) is 3.33. The average Bonchev–Trinajstić information content (AvgIpc) is 3.07. The Hall–Kier alpha value is -0.930. The molecule has 3 rings (SSSR count). The van der Waals surface area contributed by atoms with Crippen molar-refractivity contribution < 1.29 is 9.13 Å². The van der Waals surface area contributed by atoms with Crippen LogP contribution in [0.3, 0.4) is 0 Å². The van der Waals surface area contributed by atoms with E-state index in [9.17, 15) is 4.39 Å². The van der Waals surface area contributed by atoms with E-state index >= 15 is 0 Å². The molecule has 0 aromatic heterocycles. The molecule has 0 bridgehead atoms. The minimum atomic E-state index is -0.127. The van der Waals surface area contributed by atoms with Crippen molar-refractivity contribution in [2.24, 2.45) is 17.3 Å². The van der Waals surface area contributed by atoms with Gasteiger partial charge in [0.1, 0.15) is 5.82 Å². The van der Waals surface area contributed by atoms with Crippen molar-refractivity contribution in [2.75, 3.05) is 26.8 Å². The van der Waals surface area contributed by atoms with Crippen molar-refractivity contribution in [1.82, 2.24) is 5.32 Å². The van der Waals surface area contributed by atoms with Gasteiger partial charge < -0.3 is 10.1 Å². The second-order valence-corrected chi connectivity index (χ2v) is 7.08. The van der Waals surface area contributed by atoms with Gasteiger partial charge in [0.15, 0.2) is 0 Å². The molecule has 2 nitrogen and oxygen atoms in total. The van der Waals surface area contributed by atoms with Crippen molar-refractivity contribution in [2.45, 2.75) is 32.6 Å². The van der Waals surface area contributed by atoms with Crippen LogP contribution in [0.4, 0.5) is 4.39 Å². The van der Waals surface area contributed by atoms with Crippen LogP contribution < -0.4 is 5.32 Å². The fourth-order valence-electron chi connectivity index (χ4n) is 4.15. The first kappa shape index (κ1) is 15.0. The number of hydrogen-bond donors (Lipinski definition) is 1. The first-order chi connectivity index (χ1) is 10.1. The number of halogens is 1. The summed E-state index contributed by atoms with van der Waals surface area (Å²) >= 11 is 0. The number of fused-ring (bicyclic) bond motifs is 1. The molecule has 1 aromatic carbocycles. The van der Waals surface area contributed by atoms with Gasteiger partial charge in [-0.1, -0.05) is 6.07 Å². The maximum atomic E-state index is 13.3. The van der Waals surface area contributed by atoms with Crippen LogP contribution >= 0.6 is 0 Å². The van der Waals surface area contributed by atoms with Crippen LogP contribution in [-0.2, 0) is 11.2 Å². The van der Waals surface area contributed by atoms with Gasteiger partial charge in [-0.05, 0) is 73.1 Å². The summed E-state index contributed by atoms with van der Waals surface area (Å²) in [6.07, 6.45) is 5.16. The van der Waals surface area contributed by atoms with E-state index in [0.717, 1.165) is 43.5 Å². The number of hydrogen-bond acceptors (Lipinski definition) is 2. The summed E-state index contributed by atoms with van der Waals surface area (Å²) < 4.78 is 18.4. The van der Waals surface area contributed by atoms with E-state index in [2.05, 4.69) is 5.32 Å². The minimum absolute atomic E-state index is 0.127. The lowest BCUT2D eigenvalue weighted by molar-refractivity contribution is 0.186. The molecule has 21 heavy (non-hydrogen) atoms. The summed E-state index contributed by atoms with van der Waals surface area (Å²) in [5.41, 5.74) is 2.77. The molecule has 0 saturated heterocycles. The van der Waals surface area contributed by atoms with Gasteiger partial charge in [0, 0.05) is 20.2 Å². The lowest BCUT2D eigenvalue weighted by Gasteiger charge is -2.32. The number of rotatable bonds is 7. The minimum Gasteiger partial charge on any atom is -0.383 e. The quantitative estimate of drug-likeness (QED) is 0.778. The molecule has 2 aliphatic carbocycles. The zero-order valence-corrected chi connectivity index (χ0v) is 13.1. The van der Waals surface area contributed by atoms with E-state index in [1.807, 2.05) is 13.0 Å². The second kappa shape index (κ2) is 6.05. The van der Waals surface area contributed by atoms with Gasteiger partial charge in [0.25, 0.3) is 0 Å². The maximum Gasteiger partial charge on any atom is 0.123 e. The van der Waals surface area contributed by atoms with Crippen molar-refractivity contribution in [3.05, 3.63) is 35.1 Å². The highest BCUT2D eigenvalue weighted by Gasteiger charge is 2.53. The summed E-state index contributed by atoms with van der Waals surface area (Å²) in [5.74, 6) is 1.78. The highest BCUT2D eigenvalue weighted by molar-refractivity contribution is 5.28. The topological polar surface area (TPSA) is 21.3 Å². The van der Waals surface area contributed by atoms with Gasteiger partial charge >= 0.3 is 0 Å². The molecular weight excluding hydrogens is 265 g/mol. The monoisotopic (exact) mass is 291 g/mol. The van der Waals surface area contributed by atoms with E-state index in [1.54, 1.807) is 19.2 Å². The molecule has 2 atom stereocenters. The van der Waals surface area contributed by atoms with Gasteiger partial charge in [0.2, 0.25) is 0 Å². The van der Waals surface area contributed by atoms with Crippen LogP contribution in [0.2, 0.25) is 0 Å². The largest absolute Gasteiger partial charge is 0.383 e. The van der Waals surface area contributed by atoms with Gasteiger partial charge in [-0.3, -0.25) is 0 Å². The number of benzene rings is 1. The smallest absolute Gasteiger partial charge is 0.123 e. The van der Waals surface area contributed by atoms with Gasteiger partial charge in [-0.2, -0.15) is 0 Å². The molecule has 0 aliphatic heterocycles. The van der Waals surface area contributed by atoms with Crippen LogP contribution in [0.25, 0.3) is 0 Å². The second-order valence-electron chi connectivity index (χ2n) is 7.08. The molecule has 0 amide bonds. The highest BCUT2D eigenvalue weighted by atomic mass is 19.1. The van der Waals surface area contributed by atoms with Gasteiger partial charge in [-0.15, -0.1) is 0 Å². The Morgan fingerprint density at radius 2 is 2.10 bits per heavy atom. The summed E-state index contributed by atoms with van der Waals surface area (Å²) in [7, 11) is 1.74. The first-order valence-corrected chi connectivity index (χ1v) is 8.07. The maximum absolute atomic E-state index is 13.3. The van der Waals surface area contributed by atoms with Crippen molar-refractivity contribution in [3.8, 4) is 0 Å². The van der Waals surface area contributed by atoms with Gasteiger partial charge in [-0.25, -0.2) is 4.39 Å². The lowest BCUT2D eigenvalue weighted by atomic mass is 9.76. The Bertz CT molecular complexity index is 492. The van der Waals surface area contributed by atoms with E-state index in [-0.39, 0.29) is 5.82 Å². The number of ether oxygens (including phenoxy) is 1. The third-order valence-corrected chi connectivity index (χ3v) is 5.31. The molecule has 2 saturated carbocycles. The number of nitrogens with one attached hydrogen (secondary N) is 1. The van der Waals surface area contributed by atoms with E-state index in [1.165, 1.54) is 24.8 Å².